The van der Waals surface area contributed by atoms with Crippen molar-refractivity contribution in [1.29, 1.82) is 0 Å². The van der Waals surface area contributed by atoms with Crippen molar-refractivity contribution in [2.24, 2.45) is 0 Å². The number of carbonyl (C=O) groups excluding carboxylic acids is 1. The van der Waals surface area contributed by atoms with Gasteiger partial charge in [0.25, 0.3) is 0 Å². The van der Waals surface area contributed by atoms with Crippen molar-refractivity contribution >= 4 is 27.7 Å². The number of aryl methyl sites for hydroxylation is 1. The average molecular weight is 352 g/mol. The van der Waals surface area contributed by atoms with Gasteiger partial charge in [-0.05, 0) is 37.6 Å². The summed E-state index contributed by atoms with van der Waals surface area (Å²) in [5, 5.41) is 9.13. The predicted octanol–water partition coefficient (Wildman–Crippen LogP) is 3.33. The fourth-order valence-corrected chi connectivity index (χ4v) is 2.66. The van der Waals surface area contributed by atoms with Crippen molar-refractivity contribution in [2.75, 3.05) is 7.11 Å². The van der Waals surface area contributed by atoms with Gasteiger partial charge in [0.15, 0.2) is 5.78 Å². The van der Waals surface area contributed by atoms with E-state index in [-0.39, 0.29) is 11.5 Å². The number of aromatic amines is 1. The van der Waals surface area contributed by atoms with Crippen LogP contribution in [0.15, 0.2) is 22.7 Å². The molecule has 1 aromatic heterocycles. The van der Waals surface area contributed by atoms with Crippen LogP contribution >= 0.6 is 15.9 Å². The maximum absolute atomic E-state index is 12.7. The molecule has 0 atom stereocenters. The van der Waals surface area contributed by atoms with E-state index in [1.165, 1.54) is 7.11 Å². The lowest BCUT2D eigenvalue weighted by molar-refractivity contribution is 0.0690. The number of benzene rings is 1. The molecular weight excluding hydrogens is 338 g/mol. The summed E-state index contributed by atoms with van der Waals surface area (Å²) in [6.45, 7) is 3.29. The van der Waals surface area contributed by atoms with Gasteiger partial charge in [0, 0.05) is 15.7 Å². The Balaban J connectivity index is 2.61. The molecule has 0 fully saturated rings. The van der Waals surface area contributed by atoms with Crippen molar-refractivity contribution in [3.05, 3.63) is 50.8 Å². The smallest absolute Gasteiger partial charge is 0.352 e. The van der Waals surface area contributed by atoms with Crippen LogP contribution in [0.4, 0.5) is 0 Å². The minimum absolute atomic E-state index is 0.0322. The number of ketones is 1. The first-order valence-corrected chi connectivity index (χ1v) is 6.96. The molecule has 0 aliphatic carbocycles. The molecule has 21 heavy (non-hydrogen) atoms. The standard InChI is InChI=1S/C15H14BrNO4/c1-7-12(8(2)17-13(7)15(19)20)14(18)10-6-9(16)4-5-11(10)21-3/h4-6,17H,1-3H3,(H,19,20). The van der Waals surface area contributed by atoms with Crippen LogP contribution in [0.25, 0.3) is 0 Å². The van der Waals surface area contributed by atoms with Gasteiger partial charge < -0.3 is 14.8 Å². The van der Waals surface area contributed by atoms with E-state index in [1.54, 1.807) is 32.0 Å². The van der Waals surface area contributed by atoms with Gasteiger partial charge in [-0.2, -0.15) is 0 Å². The number of aromatic carboxylic acids is 1. The first kappa shape index (κ1) is 15.3. The number of halogens is 1. The number of ether oxygens (including phenoxy) is 1. The number of aromatic nitrogens is 1. The Bertz CT molecular complexity index is 734. The molecule has 1 heterocycles. The van der Waals surface area contributed by atoms with Gasteiger partial charge in [-0.1, -0.05) is 15.9 Å². The Kier molecular flexibility index (Phi) is 4.18. The molecule has 0 saturated carbocycles. The lowest BCUT2D eigenvalue weighted by atomic mass is 9.99. The maximum atomic E-state index is 12.7. The van der Waals surface area contributed by atoms with Crippen molar-refractivity contribution in [2.45, 2.75) is 13.8 Å². The number of rotatable bonds is 4. The molecule has 2 rings (SSSR count). The van der Waals surface area contributed by atoms with Crippen LogP contribution in [0, 0.1) is 13.8 Å². The van der Waals surface area contributed by atoms with Gasteiger partial charge in [-0.25, -0.2) is 4.79 Å². The highest BCUT2D eigenvalue weighted by Gasteiger charge is 2.24. The van der Waals surface area contributed by atoms with Crippen LogP contribution in [0.5, 0.6) is 5.75 Å². The second-order valence-corrected chi connectivity index (χ2v) is 5.52. The average Bonchev–Trinajstić information content (AvgIpc) is 2.73. The maximum Gasteiger partial charge on any atom is 0.352 e. The summed E-state index contributed by atoms with van der Waals surface area (Å²) < 4.78 is 5.96. The molecule has 0 radical (unpaired) electrons. The Morgan fingerprint density at radius 3 is 2.48 bits per heavy atom. The van der Waals surface area contributed by atoms with E-state index in [4.69, 9.17) is 9.84 Å². The van der Waals surface area contributed by atoms with E-state index in [9.17, 15) is 9.59 Å². The van der Waals surface area contributed by atoms with Gasteiger partial charge in [0.2, 0.25) is 0 Å². The van der Waals surface area contributed by atoms with Gasteiger partial charge in [0.1, 0.15) is 11.4 Å². The van der Waals surface area contributed by atoms with Gasteiger partial charge in [0.05, 0.1) is 12.7 Å². The molecule has 0 aliphatic rings. The minimum Gasteiger partial charge on any atom is -0.496 e. The van der Waals surface area contributed by atoms with E-state index in [0.29, 0.717) is 28.1 Å². The topological polar surface area (TPSA) is 79.4 Å². The highest BCUT2D eigenvalue weighted by atomic mass is 79.9. The lowest BCUT2D eigenvalue weighted by Gasteiger charge is -2.09. The second-order valence-electron chi connectivity index (χ2n) is 4.60. The Morgan fingerprint density at radius 1 is 1.29 bits per heavy atom. The number of methoxy groups -OCH3 is 1. The summed E-state index contributed by atoms with van der Waals surface area (Å²) in [6.07, 6.45) is 0. The first-order valence-electron chi connectivity index (χ1n) is 6.17. The lowest BCUT2D eigenvalue weighted by Crippen LogP contribution is -2.07. The van der Waals surface area contributed by atoms with Crippen LogP contribution in [0.2, 0.25) is 0 Å². The summed E-state index contributed by atoms with van der Waals surface area (Å²) in [7, 11) is 1.49. The minimum atomic E-state index is -1.09. The number of carboxylic acid groups (broad SMARTS) is 1. The molecule has 2 N–H and O–H groups in total. The molecule has 110 valence electrons. The highest BCUT2D eigenvalue weighted by molar-refractivity contribution is 9.10. The number of hydrogen-bond acceptors (Lipinski definition) is 3. The zero-order chi connectivity index (χ0) is 15.7. The third-order valence-electron chi connectivity index (χ3n) is 3.28. The molecule has 0 aliphatic heterocycles. The third-order valence-corrected chi connectivity index (χ3v) is 3.78. The molecule has 0 unspecified atom stereocenters. The van der Waals surface area contributed by atoms with E-state index in [1.807, 2.05) is 0 Å². The number of carboxylic acids is 1. The molecule has 0 bridgehead atoms. The summed E-state index contributed by atoms with van der Waals surface area (Å²) in [4.78, 5) is 26.6. The number of carbonyl (C=O) groups is 2. The zero-order valence-corrected chi connectivity index (χ0v) is 13.4. The molecule has 0 spiro atoms. The van der Waals surface area contributed by atoms with Crippen molar-refractivity contribution in [3.63, 3.8) is 0 Å². The van der Waals surface area contributed by atoms with Gasteiger partial charge in [-0.3, -0.25) is 4.79 Å². The second kappa shape index (κ2) is 5.73. The summed E-state index contributed by atoms with van der Waals surface area (Å²) in [6, 6.07) is 5.12. The summed E-state index contributed by atoms with van der Waals surface area (Å²) >= 11 is 3.32. The number of H-pyrrole nitrogens is 1. The Labute approximate surface area is 130 Å². The normalized spacial score (nSPS) is 10.5. The predicted molar refractivity (Wildman–Crippen MR) is 81.4 cm³/mol. The molecule has 6 heteroatoms. The van der Waals surface area contributed by atoms with Crippen LogP contribution in [-0.2, 0) is 0 Å². The molecule has 0 saturated heterocycles. The largest absolute Gasteiger partial charge is 0.496 e. The van der Waals surface area contributed by atoms with E-state index in [0.717, 1.165) is 4.47 Å². The molecular formula is C15H14BrNO4. The van der Waals surface area contributed by atoms with Gasteiger partial charge in [-0.15, -0.1) is 0 Å². The zero-order valence-electron chi connectivity index (χ0n) is 11.8. The first-order chi connectivity index (χ1) is 9.86. The van der Waals surface area contributed by atoms with Crippen molar-refractivity contribution < 1.29 is 19.4 Å². The van der Waals surface area contributed by atoms with Crippen LogP contribution in [0.1, 0.15) is 37.7 Å². The SMILES string of the molecule is COc1ccc(Br)cc1C(=O)c1c(C)[nH]c(C(=O)O)c1C. The van der Waals surface area contributed by atoms with Crippen LogP contribution in [0.3, 0.4) is 0 Å². The van der Waals surface area contributed by atoms with Crippen LogP contribution < -0.4 is 4.74 Å². The van der Waals surface area contributed by atoms with Crippen molar-refractivity contribution in [1.82, 2.24) is 4.98 Å². The Morgan fingerprint density at radius 2 is 1.95 bits per heavy atom. The fraction of sp³-hybridized carbons (Fsp3) is 0.200. The molecule has 0 amide bonds. The summed E-state index contributed by atoms with van der Waals surface area (Å²) in [5.74, 6) is -0.914. The number of hydrogen-bond donors (Lipinski definition) is 2. The highest BCUT2D eigenvalue weighted by Crippen LogP contribution is 2.28. The summed E-state index contributed by atoms with van der Waals surface area (Å²) in [5.41, 5.74) is 1.73. The van der Waals surface area contributed by atoms with E-state index < -0.39 is 5.97 Å². The third kappa shape index (κ3) is 2.71. The van der Waals surface area contributed by atoms with Gasteiger partial charge >= 0.3 is 5.97 Å². The molecule has 5 nitrogen and oxygen atoms in total. The van der Waals surface area contributed by atoms with Crippen LogP contribution in [-0.4, -0.2) is 29.0 Å². The van der Waals surface area contributed by atoms with E-state index >= 15 is 0 Å². The molecule has 1 aromatic carbocycles. The monoisotopic (exact) mass is 351 g/mol. The van der Waals surface area contributed by atoms with Crippen molar-refractivity contribution in [3.8, 4) is 5.75 Å². The fourth-order valence-electron chi connectivity index (χ4n) is 2.30. The quantitative estimate of drug-likeness (QED) is 0.828. The Hall–Kier alpha value is -2.08. The number of nitrogens with one attached hydrogen (secondary N) is 1. The molecule has 2 aromatic rings. The van der Waals surface area contributed by atoms with E-state index in [2.05, 4.69) is 20.9 Å².